The lowest BCUT2D eigenvalue weighted by atomic mass is 10.2. The molecular formula is C16H17N7O. The largest absolute Gasteiger partial charge is 0.352 e. The fraction of sp³-hybridized carbons (Fsp3) is 0.312. The number of anilines is 1. The first kappa shape index (κ1) is 14.6. The monoisotopic (exact) mass is 323 g/mol. The first-order valence-electron chi connectivity index (χ1n) is 7.80. The van der Waals surface area contributed by atoms with E-state index in [2.05, 4.69) is 25.0 Å². The van der Waals surface area contributed by atoms with E-state index in [1.807, 2.05) is 18.0 Å². The molecule has 1 saturated heterocycles. The third kappa shape index (κ3) is 2.55. The van der Waals surface area contributed by atoms with Gasteiger partial charge in [0.1, 0.15) is 12.1 Å². The molecule has 3 aromatic rings. The van der Waals surface area contributed by atoms with E-state index in [9.17, 15) is 4.79 Å². The lowest BCUT2D eigenvalue weighted by molar-refractivity contribution is 0.0746. The molecule has 122 valence electrons. The van der Waals surface area contributed by atoms with Crippen LogP contribution in [0, 0.1) is 0 Å². The summed E-state index contributed by atoms with van der Waals surface area (Å²) in [7, 11) is 1.81. The van der Waals surface area contributed by atoms with Crippen molar-refractivity contribution in [1.29, 1.82) is 0 Å². The number of carbonyl (C=O) groups excluding carboxylic acids is 1. The van der Waals surface area contributed by atoms with E-state index in [4.69, 9.17) is 0 Å². The highest BCUT2D eigenvalue weighted by Gasteiger charge is 2.24. The minimum absolute atomic E-state index is 0.0273. The topological polar surface area (TPSA) is 80.0 Å². The number of carbonyl (C=O) groups is 1. The number of aromatic nitrogens is 5. The first-order valence-corrected chi connectivity index (χ1v) is 7.80. The van der Waals surface area contributed by atoms with E-state index < -0.39 is 0 Å². The number of amides is 1. The third-order valence-corrected chi connectivity index (χ3v) is 4.24. The van der Waals surface area contributed by atoms with Gasteiger partial charge in [0.05, 0.1) is 23.5 Å². The van der Waals surface area contributed by atoms with Crippen molar-refractivity contribution in [2.45, 2.75) is 0 Å². The number of rotatable bonds is 2. The van der Waals surface area contributed by atoms with E-state index in [0.29, 0.717) is 18.7 Å². The Bertz CT molecular complexity index is 878. The van der Waals surface area contributed by atoms with Crippen molar-refractivity contribution >= 4 is 22.6 Å². The number of hydrogen-bond acceptors (Lipinski definition) is 6. The van der Waals surface area contributed by atoms with Gasteiger partial charge in [-0.15, -0.1) is 0 Å². The van der Waals surface area contributed by atoms with Crippen molar-refractivity contribution in [2.24, 2.45) is 7.05 Å². The molecule has 0 aliphatic carbocycles. The normalized spacial score (nSPS) is 15.0. The molecule has 8 heteroatoms. The molecular weight excluding hydrogens is 306 g/mol. The van der Waals surface area contributed by atoms with Crippen molar-refractivity contribution in [3.63, 3.8) is 0 Å². The van der Waals surface area contributed by atoms with Crippen LogP contribution in [0.4, 0.5) is 5.82 Å². The molecule has 4 heterocycles. The predicted octanol–water partition coefficient (Wildman–Crippen LogP) is 0.721. The van der Waals surface area contributed by atoms with Gasteiger partial charge in [0, 0.05) is 51.0 Å². The fourth-order valence-electron chi connectivity index (χ4n) is 2.98. The number of aryl methyl sites for hydroxylation is 1. The molecule has 3 aromatic heterocycles. The van der Waals surface area contributed by atoms with E-state index in [0.717, 1.165) is 29.8 Å². The van der Waals surface area contributed by atoms with Gasteiger partial charge in [-0.3, -0.25) is 14.5 Å². The molecule has 0 spiro atoms. The highest BCUT2D eigenvalue weighted by atomic mass is 16.2. The molecule has 0 saturated carbocycles. The summed E-state index contributed by atoms with van der Waals surface area (Å²) < 4.78 is 1.64. The molecule has 0 aromatic carbocycles. The number of fused-ring (bicyclic) bond motifs is 1. The van der Waals surface area contributed by atoms with Gasteiger partial charge in [-0.05, 0) is 6.07 Å². The van der Waals surface area contributed by atoms with Crippen molar-refractivity contribution in [3.05, 3.63) is 42.7 Å². The third-order valence-electron chi connectivity index (χ3n) is 4.24. The van der Waals surface area contributed by atoms with Gasteiger partial charge in [0.2, 0.25) is 0 Å². The van der Waals surface area contributed by atoms with Crippen LogP contribution in [0.3, 0.4) is 0 Å². The molecule has 24 heavy (non-hydrogen) atoms. The SMILES string of the molecule is Cn1cc(C(=O)N2CCN(c3ncnc4cnccc34)CC2)cn1. The number of pyridine rings is 1. The maximum Gasteiger partial charge on any atom is 0.257 e. The first-order chi connectivity index (χ1) is 11.7. The zero-order chi connectivity index (χ0) is 16.5. The van der Waals surface area contributed by atoms with Gasteiger partial charge in [-0.1, -0.05) is 0 Å². The Hall–Kier alpha value is -3.03. The predicted molar refractivity (Wildman–Crippen MR) is 88.7 cm³/mol. The van der Waals surface area contributed by atoms with Crippen LogP contribution in [0.25, 0.3) is 10.9 Å². The molecule has 1 aliphatic heterocycles. The number of hydrogen-bond donors (Lipinski definition) is 0. The Morgan fingerprint density at radius 3 is 2.71 bits per heavy atom. The van der Waals surface area contributed by atoms with Gasteiger partial charge in [0.15, 0.2) is 0 Å². The average Bonchev–Trinajstić information content (AvgIpc) is 3.07. The van der Waals surface area contributed by atoms with Gasteiger partial charge in [-0.25, -0.2) is 9.97 Å². The molecule has 1 amide bonds. The smallest absolute Gasteiger partial charge is 0.257 e. The Morgan fingerprint density at radius 1 is 1.12 bits per heavy atom. The second kappa shape index (κ2) is 5.88. The maximum atomic E-state index is 12.5. The van der Waals surface area contributed by atoms with E-state index in [1.54, 1.807) is 35.8 Å². The summed E-state index contributed by atoms with van der Waals surface area (Å²) in [6.45, 7) is 2.79. The molecule has 0 unspecified atom stereocenters. The van der Waals surface area contributed by atoms with Crippen molar-refractivity contribution in [2.75, 3.05) is 31.1 Å². The summed E-state index contributed by atoms with van der Waals surface area (Å²) in [5.74, 6) is 0.926. The van der Waals surface area contributed by atoms with Crippen LogP contribution >= 0.6 is 0 Å². The minimum atomic E-state index is 0.0273. The van der Waals surface area contributed by atoms with Crippen LogP contribution in [0.2, 0.25) is 0 Å². The highest BCUT2D eigenvalue weighted by Crippen LogP contribution is 2.23. The van der Waals surface area contributed by atoms with Gasteiger partial charge >= 0.3 is 0 Å². The zero-order valence-electron chi connectivity index (χ0n) is 13.3. The van der Waals surface area contributed by atoms with Gasteiger partial charge < -0.3 is 9.80 Å². The van der Waals surface area contributed by atoms with Crippen LogP contribution in [-0.2, 0) is 7.05 Å². The summed E-state index contributed by atoms with van der Waals surface area (Å²) in [5, 5.41) is 5.05. The number of nitrogens with zero attached hydrogens (tertiary/aromatic N) is 7. The highest BCUT2D eigenvalue weighted by molar-refractivity contribution is 5.94. The van der Waals surface area contributed by atoms with E-state index in [1.165, 1.54) is 0 Å². The van der Waals surface area contributed by atoms with Crippen LogP contribution in [0.15, 0.2) is 37.2 Å². The summed E-state index contributed by atoms with van der Waals surface area (Å²) in [6, 6.07) is 1.93. The molecule has 1 fully saturated rings. The summed E-state index contributed by atoms with van der Waals surface area (Å²) in [4.78, 5) is 29.3. The van der Waals surface area contributed by atoms with Crippen molar-refractivity contribution in [1.82, 2.24) is 29.6 Å². The van der Waals surface area contributed by atoms with Gasteiger partial charge in [0.25, 0.3) is 5.91 Å². The number of piperazine rings is 1. The van der Waals surface area contributed by atoms with Crippen LogP contribution in [0.5, 0.6) is 0 Å². The van der Waals surface area contributed by atoms with Crippen LogP contribution in [0.1, 0.15) is 10.4 Å². The standard InChI is InChI=1S/C16H17N7O/c1-21-10-12(8-20-21)16(24)23-6-4-22(5-7-23)15-13-2-3-17-9-14(13)18-11-19-15/h2-3,8-11H,4-7H2,1H3. The van der Waals surface area contributed by atoms with E-state index >= 15 is 0 Å². The summed E-state index contributed by atoms with van der Waals surface area (Å²) in [5.41, 5.74) is 1.46. The average molecular weight is 323 g/mol. The fourth-order valence-corrected chi connectivity index (χ4v) is 2.98. The van der Waals surface area contributed by atoms with Crippen molar-refractivity contribution in [3.8, 4) is 0 Å². The molecule has 0 bridgehead atoms. The summed E-state index contributed by atoms with van der Waals surface area (Å²) in [6.07, 6.45) is 8.41. The maximum absolute atomic E-state index is 12.5. The van der Waals surface area contributed by atoms with Crippen LogP contribution in [-0.4, -0.2) is 61.7 Å². The zero-order valence-corrected chi connectivity index (χ0v) is 13.3. The lowest BCUT2D eigenvalue weighted by Gasteiger charge is -2.35. The Morgan fingerprint density at radius 2 is 1.96 bits per heavy atom. The lowest BCUT2D eigenvalue weighted by Crippen LogP contribution is -2.49. The van der Waals surface area contributed by atoms with E-state index in [-0.39, 0.29) is 5.91 Å². The second-order valence-electron chi connectivity index (χ2n) is 5.77. The molecule has 1 aliphatic rings. The molecule has 8 nitrogen and oxygen atoms in total. The Balaban J connectivity index is 1.50. The molecule has 4 rings (SSSR count). The van der Waals surface area contributed by atoms with Gasteiger partial charge in [-0.2, -0.15) is 5.10 Å². The van der Waals surface area contributed by atoms with Crippen LogP contribution < -0.4 is 4.90 Å². The van der Waals surface area contributed by atoms with Crippen molar-refractivity contribution < 1.29 is 4.79 Å². The Kier molecular flexibility index (Phi) is 3.56. The quantitative estimate of drug-likeness (QED) is 0.691. The Labute approximate surface area is 138 Å². The minimum Gasteiger partial charge on any atom is -0.352 e. The second-order valence-corrected chi connectivity index (χ2v) is 5.77. The molecule has 0 N–H and O–H groups in total. The molecule has 0 atom stereocenters. The molecule has 0 radical (unpaired) electrons. The summed E-state index contributed by atoms with van der Waals surface area (Å²) >= 11 is 0.